The maximum Gasteiger partial charge on any atom is 0.00186 e. The largest absolute Gasteiger partial charge is 0.303 e. The molecule has 1 aliphatic heterocycles. The average molecular weight is 243 g/mol. The standard InChI is InChI=1S/C17H25N/c1-3-18-11-15-8-5-9-16(17(15)12-18)14-7-4-6-13(2)10-14/h4,6-7,10,15-17H,3,5,8-9,11-12H2,1-2H3/t15?,16-,17+/m0/s1. The summed E-state index contributed by atoms with van der Waals surface area (Å²) in [5.74, 6) is 2.70. The van der Waals surface area contributed by atoms with Crippen LogP contribution in [0.4, 0.5) is 0 Å². The van der Waals surface area contributed by atoms with Gasteiger partial charge in [-0.1, -0.05) is 43.2 Å². The van der Waals surface area contributed by atoms with Crippen LogP contribution < -0.4 is 0 Å². The van der Waals surface area contributed by atoms with Crippen molar-refractivity contribution < 1.29 is 0 Å². The predicted molar refractivity (Wildman–Crippen MR) is 76.9 cm³/mol. The Hall–Kier alpha value is -0.820. The summed E-state index contributed by atoms with van der Waals surface area (Å²) in [5, 5.41) is 0. The van der Waals surface area contributed by atoms with E-state index >= 15 is 0 Å². The number of hydrogen-bond donors (Lipinski definition) is 0. The van der Waals surface area contributed by atoms with Crippen molar-refractivity contribution in [3.63, 3.8) is 0 Å². The first-order chi connectivity index (χ1) is 8.78. The number of rotatable bonds is 2. The molecule has 98 valence electrons. The van der Waals surface area contributed by atoms with Crippen LogP contribution in [0.25, 0.3) is 0 Å². The van der Waals surface area contributed by atoms with Crippen molar-refractivity contribution in [2.75, 3.05) is 19.6 Å². The van der Waals surface area contributed by atoms with Gasteiger partial charge in [0.2, 0.25) is 0 Å². The normalized spacial score (nSPS) is 32.4. The first-order valence-electron chi connectivity index (χ1n) is 7.57. The second kappa shape index (κ2) is 5.05. The Morgan fingerprint density at radius 2 is 2.11 bits per heavy atom. The smallest absolute Gasteiger partial charge is 0.00186 e. The Labute approximate surface area is 111 Å². The highest BCUT2D eigenvalue weighted by molar-refractivity contribution is 5.27. The van der Waals surface area contributed by atoms with E-state index in [9.17, 15) is 0 Å². The summed E-state index contributed by atoms with van der Waals surface area (Å²) in [7, 11) is 0. The van der Waals surface area contributed by atoms with E-state index in [-0.39, 0.29) is 0 Å². The molecule has 2 fully saturated rings. The Kier molecular flexibility index (Phi) is 3.43. The van der Waals surface area contributed by atoms with Crippen molar-refractivity contribution in [3.05, 3.63) is 35.4 Å². The van der Waals surface area contributed by atoms with Gasteiger partial charge in [0.15, 0.2) is 0 Å². The van der Waals surface area contributed by atoms with Crippen LogP contribution in [-0.4, -0.2) is 24.5 Å². The number of benzene rings is 1. The van der Waals surface area contributed by atoms with Crippen LogP contribution in [0, 0.1) is 18.8 Å². The van der Waals surface area contributed by atoms with Crippen molar-refractivity contribution >= 4 is 0 Å². The summed E-state index contributed by atoms with van der Waals surface area (Å²) < 4.78 is 0. The van der Waals surface area contributed by atoms with Crippen molar-refractivity contribution in [2.45, 2.75) is 39.0 Å². The quantitative estimate of drug-likeness (QED) is 0.763. The van der Waals surface area contributed by atoms with Crippen LogP contribution in [0.3, 0.4) is 0 Å². The second-order valence-corrected chi connectivity index (χ2v) is 6.23. The number of hydrogen-bond acceptors (Lipinski definition) is 1. The fourth-order valence-electron chi connectivity index (χ4n) is 4.14. The second-order valence-electron chi connectivity index (χ2n) is 6.23. The molecule has 0 amide bonds. The molecular formula is C17H25N. The van der Waals surface area contributed by atoms with Crippen molar-refractivity contribution in [1.82, 2.24) is 4.90 Å². The van der Waals surface area contributed by atoms with Crippen LogP contribution in [-0.2, 0) is 0 Å². The molecule has 18 heavy (non-hydrogen) atoms. The lowest BCUT2D eigenvalue weighted by Crippen LogP contribution is -2.25. The zero-order valence-corrected chi connectivity index (χ0v) is 11.7. The maximum atomic E-state index is 2.66. The lowest BCUT2D eigenvalue weighted by Gasteiger charge is -2.33. The van der Waals surface area contributed by atoms with Gasteiger partial charge in [-0.3, -0.25) is 0 Å². The third-order valence-corrected chi connectivity index (χ3v) is 5.09. The van der Waals surface area contributed by atoms with Crippen LogP contribution in [0.5, 0.6) is 0 Å². The van der Waals surface area contributed by atoms with E-state index in [0.29, 0.717) is 0 Å². The topological polar surface area (TPSA) is 3.24 Å². The molecule has 1 unspecified atom stereocenters. The highest BCUT2D eigenvalue weighted by atomic mass is 15.1. The van der Waals surface area contributed by atoms with Gasteiger partial charge in [0, 0.05) is 13.1 Å². The predicted octanol–water partition coefficient (Wildman–Crippen LogP) is 3.83. The molecule has 1 saturated carbocycles. The summed E-state index contributed by atoms with van der Waals surface area (Å²) in [5.41, 5.74) is 3.02. The van der Waals surface area contributed by atoms with Gasteiger partial charge < -0.3 is 4.90 Å². The third kappa shape index (κ3) is 2.21. The first kappa shape index (κ1) is 12.2. The molecule has 0 spiro atoms. The minimum absolute atomic E-state index is 0.820. The van der Waals surface area contributed by atoms with E-state index in [2.05, 4.69) is 43.0 Å². The maximum absolute atomic E-state index is 2.66. The number of aryl methyl sites for hydroxylation is 1. The number of fused-ring (bicyclic) bond motifs is 1. The lowest BCUT2D eigenvalue weighted by atomic mass is 9.71. The highest BCUT2D eigenvalue weighted by Crippen LogP contribution is 2.45. The molecule has 0 N–H and O–H groups in total. The van der Waals surface area contributed by atoms with Gasteiger partial charge in [-0.15, -0.1) is 0 Å². The number of nitrogens with zero attached hydrogens (tertiary/aromatic N) is 1. The molecule has 1 aliphatic carbocycles. The zero-order chi connectivity index (χ0) is 12.5. The van der Waals surface area contributed by atoms with E-state index in [0.717, 1.165) is 17.8 Å². The van der Waals surface area contributed by atoms with Gasteiger partial charge in [0.05, 0.1) is 0 Å². The van der Waals surface area contributed by atoms with Crippen molar-refractivity contribution in [1.29, 1.82) is 0 Å². The Balaban J connectivity index is 1.83. The lowest BCUT2D eigenvalue weighted by molar-refractivity contribution is 0.257. The minimum atomic E-state index is 0.820. The SMILES string of the molecule is CCN1CC2CCC[C@@H](c3cccc(C)c3)[C@@H]2C1. The van der Waals surface area contributed by atoms with Gasteiger partial charge in [-0.05, 0) is 49.6 Å². The monoisotopic (exact) mass is 243 g/mol. The zero-order valence-electron chi connectivity index (χ0n) is 11.7. The van der Waals surface area contributed by atoms with Gasteiger partial charge in [0.25, 0.3) is 0 Å². The summed E-state index contributed by atoms with van der Waals surface area (Å²) in [6.07, 6.45) is 4.29. The van der Waals surface area contributed by atoms with Gasteiger partial charge in [-0.2, -0.15) is 0 Å². The molecule has 0 aromatic heterocycles. The summed E-state index contributed by atoms with van der Waals surface area (Å²) >= 11 is 0. The Morgan fingerprint density at radius 1 is 1.22 bits per heavy atom. The molecular weight excluding hydrogens is 218 g/mol. The molecule has 0 radical (unpaired) electrons. The van der Waals surface area contributed by atoms with Crippen LogP contribution in [0.2, 0.25) is 0 Å². The number of likely N-dealkylation sites (tertiary alicyclic amines) is 1. The molecule has 1 aromatic rings. The average Bonchev–Trinajstić information content (AvgIpc) is 2.81. The minimum Gasteiger partial charge on any atom is -0.303 e. The van der Waals surface area contributed by atoms with Gasteiger partial charge in [-0.25, -0.2) is 0 Å². The van der Waals surface area contributed by atoms with Crippen LogP contribution >= 0.6 is 0 Å². The summed E-state index contributed by atoms with van der Waals surface area (Å²) in [6.45, 7) is 8.44. The molecule has 3 atom stereocenters. The molecule has 1 aromatic carbocycles. The van der Waals surface area contributed by atoms with E-state index in [1.807, 2.05) is 0 Å². The van der Waals surface area contributed by atoms with Gasteiger partial charge >= 0.3 is 0 Å². The fourth-order valence-corrected chi connectivity index (χ4v) is 4.14. The van der Waals surface area contributed by atoms with Crippen molar-refractivity contribution in [2.24, 2.45) is 11.8 Å². The summed E-state index contributed by atoms with van der Waals surface area (Å²) in [4.78, 5) is 2.66. The Morgan fingerprint density at radius 3 is 2.89 bits per heavy atom. The van der Waals surface area contributed by atoms with Crippen LogP contribution in [0.15, 0.2) is 24.3 Å². The van der Waals surface area contributed by atoms with E-state index < -0.39 is 0 Å². The van der Waals surface area contributed by atoms with E-state index in [1.54, 1.807) is 5.56 Å². The molecule has 1 nitrogen and oxygen atoms in total. The molecule has 1 heterocycles. The molecule has 2 aliphatic rings. The third-order valence-electron chi connectivity index (χ3n) is 5.09. The molecule has 1 saturated heterocycles. The van der Waals surface area contributed by atoms with Crippen molar-refractivity contribution in [3.8, 4) is 0 Å². The molecule has 1 heteroatoms. The molecule has 0 bridgehead atoms. The van der Waals surface area contributed by atoms with Crippen LogP contribution in [0.1, 0.15) is 43.2 Å². The van der Waals surface area contributed by atoms with E-state index in [1.165, 1.54) is 44.5 Å². The highest BCUT2D eigenvalue weighted by Gasteiger charge is 2.39. The van der Waals surface area contributed by atoms with E-state index in [4.69, 9.17) is 0 Å². The molecule has 3 rings (SSSR count). The summed E-state index contributed by atoms with van der Waals surface area (Å²) in [6, 6.07) is 9.23. The Bertz CT molecular complexity index is 412. The fraction of sp³-hybridized carbons (Fsp3) is 0.647. The first-order valence-corrected chi connectivity index (χ1v) is 7.57. The van der Waals surface area contributed by atoms with Gasteiger partial charge in [0.1, 0.15) is 0 Å².